The maximum Gasteiger partial charge on any atom is 0.269 e. The summed E-state index contributed by atoms with van der Waals surface area (Å²) < 4.78 is 4.75. The number of aromatic nitrogens is 2. The Bertz CT molecular complexity index is 948. The molecule has 0 unspecified atom stereocenters. The monoisotopic (exact) mass is 338 g/mol. The van der Waals surface area contributed by atoms with Gasteiger partial charge in [-0.25, -0.2) is 4.63 Å². The third kappa shape index (κ3) is 3.37. The maximum absolute atomic E-state index is 12.3. The lowest BCUT2D eigenvalue weighted by molar-refractivity contribution is -0.384. The van der Waals surface area contributed by atoms with Crippen molar-refractivity contribution >= 4 is 17.4 Å². The number of nitrogens with zero attached hydrogens (tertiary/aromatic N) is 3. The normalized spacial score (nSPS) is 10.5. The molecule has 0 aliphatic rings. The van der Waals surface area contributed by atoms with Crippen molar-refractivity contribution in [3.05, 3.63) is 69.3 Å². The predicted octanol–water partition coefficient (Wildman–Crippen LogP) is 3.51. The summed E-state index contributed by atoms with van der Waals surface area (Å²) in [5.41, 5.74) is 3.57. The maximum atomic E-state index is 12.3. The van der Waals surface area contributed by atoms with E-state index in [1.807, 2.05) is 32.0 Å². The summed E-state index contributed by atoms with van der Waals surface area (Å²) in [7, 11) is 0. The Morgan fingerprint density at radius 2 is 1.80 bits per heavy atom. The van der Waals surface area contributed by atoms with Gasteiger partial charge in [-0.15, -0.1) is 0 Å². The highest BCUT2D eigenvalue weighted by atomic mass is 16.6. The topological polar surface area (TPSA) is 111 Å². The van der Waals surface area contributed by atoms with Gasteiger partial charge >= 0.3 is 0 Å². The minimum absolute atomic E-state index is 0.0875. The van der Waals surface area contributed by atoms with E-state index in [0.717, 1.165) is 16.7 Å². The van der Waals surface area contributed by atoms with E-state index in [1.165, 1.54) is 24.3 Å². The third-order valence-electron chi connectivity index (χ3n) is 3.84. The molecule has 25 heavy (non-hydrogen) atoms. The van der Waals surface area contributed by atoms with Gasteiger partial charge in [0.05, 0.1) is 4.92 Å². The number of rotatable bonds is 4. The summed E-state index contributed by atoms with van der Waals surface area (Å²) in [5.74, 6) is -0.276. The van der Waals surface area contributed by atoms with Crippen LogP contribution in [0.25, 0.3) is 11.3 Å². The molecule has 0 radical (unpaired) electrons. The van der Waals surface area contributed by atoms with Crippen LogP contribution in [0.4, 0.5) is 11.5 Å². The Morgan fingerprint density at radius 3 is 2.44 bits per heavy atom. The van der Waals surface area contributed by atoms with Crippen molar-refractivity contribution in [3.63, 3.8) is 0 Å². The molecule has 3 rings (SSSR count). The number of aryl methyl sites for hydroxylation is 2. The molecule has 1 heterocycles. The number of nitrogens with one attached hydrogen (secondary N) is 1. The SMILES string of the molecule is Cc1ccc(-c2nonc2NC(=O)c2ccc([N+](=O)[O-])cc2)cc1C. The van der Waals surface area contributed by atoms with E-state index in [1.54, 1.807) is 0 Å². The van der Waals surface area contributed by atoms with Gasteiger partial charge in [0, 0.05) is 23.3 Å². The molecule has 1 amide bonds. The summed E-state index contributed by atoms with van der Waals surface area (Å²) in [6.45, 7) is 3.97. The predicted molar refractivity (Wildman–Crippen MR) is 90.3 cm³/mol. The van der Waals surface area contributed by atoms with Crippen LogP contribution in [0.3, 0.4) is 0 Å². The minimum Gasteiger partial charge on any atom is -0.302 e. The highest BCUT2D eigenvalue weighted by Gasteiger charge is 2.17. The van der Waals surface area contributed by atoms with Crippen LogP contribution >= 0.6 is 0 Å². The van der Waals surface area contributed by atoms with Gasteiger partial charge in [-0.3, -0.25) is 14.9 Å². The standard InChI is InChI=1S/C17H14N4O4/c1-10-3-4-13(9-11(10)2)15-16(20-25-19-15)18-17(22)12-5-7-14(8-6-12)21(23)24/h3-9H,1-2H3,(H,18,20,22). The van der Waals surface area contributed by atoms with Crippen molar-refractivity contribution in [2.75, 3.05) is 5.32 Å². The number of amides is 1. The second kappa shape index (κ2) is 6.52. The number of hydrogen-bond donors (Lipinski definition) is 1. The van der Waals surface area contributed by atoms with Crippen molar-refractivity contribution in [2.24, 2.45) is 0 Å². The van der Waals surface area contributed by atoms with Crippen molar-refractivity contribution < 1.29 is 14.3 Å². The fourth-order valence-electron chi connectivity index (χ4n) is 2.26. The summed E-state index contributed by atoms with van der Waals surface area (Å²) >= 11 is 0. The average Bonchev–Trinajstić information content (AvgIpc) is 3.05. The van der Waals surface area contributed by atoms with Crippen molar-refractivity contribution in [1.82, 2.24) is 10.3 Å². The molecular weight excluding hydrogens is 324 g/mol. The van der Waals surface area contributed by atoms with Gasteiger partial charge in [-0.1, -0.05) is 12.1 Å². The number of nitro groups is 1. The Balaban J connectivity index is 1.84. The van der Waals surface area contributed by atoms with Crippen LogP contribution in [-0.2, 0) is 0 Å². The molecule has 0 saturated carbocycles. The van der Waals surface area contributed by atoms with Gasteiger partial charge < -0.3 is 5.32 Å². The van der Waals surface area contributed by atoms with Gasteiger partial charge in [-0.2, -0.15) is 0 Å². The number of nitro benzene ring substituents is 1. The van der Waals surface area contributed by atoms with E-state index in [-0.39, 0.29) is 17.1 Å². The van der Waals surface area contributed by atoms with Gasteiger partial charge in [0.1, 0.15) is 0 Å². The lowest BCUT2D eigenvalue weighted by Crippen LogP contribution is -2.12. The van der Waals surface area contributed by atoms with Crippen molar-refractivity contribution in [3.8, 4) is 11.3 Å². The molecule has 1 N–H and O–H groups in total. The summed E-state index contributed by atoms with van der Waals surface area (Å²) in [6, 6.07) is 11.0. The Labute approximate surface area is 142 Å². The van der Waals surface area contributed by atoms with E-state index in [0.29, 0.717) is 5.69 Å². The van der Waals surface area contributed by atoms with Gasteiger partial charge in [0.2, 0.25) is 5.82 Å². The Morgan fingerprint density at radius 1 is 1.08 bits per heavy atom. The summed E-state index contributed by atoms with van der Waals surface area (Å²) in [4.78, 5) is 22.4. The first-order valence-corrected chi connectivity index (χ1v) is 7.41. The molecule has 0 saturated heterocycles. The number of carbonyl (C=O) groups excluding carboxylic acids is 1. The minimum atomic E-state index is -0.527. The number of anilines is 1. The number of carbonyl (C=O) groups is 1. The molecule has 8 heteroatoms. The Kier molecular flexibility index (Phi) is 4.25. The zero-order valence-corrected chi connectivity index (χ0v) is 13.5. The first kappa shape index (κ1) is 16.3. The van der Waals surface area contributed by atoms with Crippen molar-refractivity contribution in [2.45, 2.75) is 13.8 Å². The van der Waals surface area contributed by atoms with Crippen LogP contribution in [-0.4, -0.2) is 21.1 Å². The summed E-state index contributed by atoms with van der Waals surface area (Å²) in [5, 5.41) is 20.9. The molecule has 3 aromatic rings. The van der Waals surface area contributed by atoms with E-state index in [4.69, 9.17) is 4.63 Å². The lowest BCUT2D eigenvalue weighted by Gasteiger charge is -2.05. The van der Waals surface area contributed by atoms with Crippen LogP contribution < -0.4 is 5.32 Å². The highest BCUT2D eigenvalue weighted by Crippen LogP contribution is 2.26. The molecule has 0 spiro atoms. The molecular formula is C17H14N4O4. The molecule has 0 fully saturated rings. The van der Waals surface area contributed by atoms with Crippen LogP contribution in [0.2, 0.25) is 0 Å². The lowest BCUT2D eigenvalue weighted by atomic mass is 10.0. The van der Waals surface area contributed by atoms with E-state index in [2.05, 4.69) is 15.6 Å². The van der Waals surface area contributed by atoms with Crippen LogP contribution in [0, 0.1) is 24.0 Å². The first-order valence-electron chi connectivity index (χ1n) is 7.41. The van der Waals surface area contributed by atoms with Crippen molar-refractivity contribution in [1.29, 1.82) is 0 Å². The van der Waals surface area contributed by atoms with Crippen LogP contribution in [0.5, 0.6) is 0 Å². The van der Waals surface area contributed by atoms with E-state index < -0.39 is 10.8 Å². The number of non-ortho nitro benzene ring substituents is 1. The van der Waals surface area contributed by atoms with E-state index >= 15 is 0 Å². The quantitative estimate of drug-likeness (QED) is 0.575. The van der Waals surface area contributed by atoms with Gasteiger partial charge in [0.25, 0.3) is 11.6 Å². The average molecular weight is 338 g/mol. The number of hydrogen-bond acceptors (Lipinski definition) is 6. The summed E-state index contributed by atoms with van der Waals surface area (Å²) in [6.07, 6.45) is 0. The van der Waals surface area contributed by atoms with Crippen LogP contribution in [0.15, 0.2) is 47.1 Å². The zero-order valence-electron chi connectivity index (χ0n) is 13.5. The molecule has 1 aromatic heterocycles. The second-order valence-corrected chi connectivity index (χ2v) is 5.52. The number of benzene rings is 2. The smallest absolute Gasteiger partial charge is 0.269 e. The highest BCUT2D eigenvalue weighted by molar-refractivity contribution is 6.05. The van der Waals surface area contributed by atoms with E-state index in [9.17, 15) is 14.9 Å². The fraction of sp³-hybridized carbons (Fsp3) is 0.118. The molecule has 0 aliphatic carbocycles. The van der Waals surface area contributed by atoms with Crippen LogP contribution in [0.1, 0.15) is 21.5 Å². The largest absolute Gasteiger partial charge is 0.302 e. The Hall–Kier alpha value is -3.55. The molecule has 0 aliphatic heterocycles. The van der Waals surface area contributed by atoms with Gasteiger partial charge in [-0.05, 0) is 53.5 Å². The fourth-order valence-corrected chi connectivity index (χ4v) is 2.26. The second-order valence-electron chi connectivity index (χ2n) is 5.52. The zero-order chi connectivity index (χ0) is 18.0. The molecule has 0 bridgehead atoms. The first-order chi connectivity index (χ1) is 12.0. The molecule has 8 nitrogen and oxygen atoms in total. The van der Waals surface area contributed by atoms with Gasteiger partial charge in [0.15, 0.2) is 5.69 Å². The molecule has 0 atom stereocenters. The molecule has 126 valence electrons. The molecule has 2 aromatic carbocycles. The third-order valence-corrected chi connectivity index (χ3v) is 3.84.